The Balaban J connectivity index is 2.43. The molecular weight excluding hydrogens is 293 g/mol. The highest BCUT2D eigenvalue weighted by atomic mass is 35.5. The van der Waals surface area contributed by atoms with Gasteiger partial charge < -0.3 is 10.1 Å². The molecule has 0 aliphatic rings. The quantitative estimate of drug-likeness (QED) is 0.891. The molecule has 1 unspecified atom stereocenters. The topological polar surface area (TPSA) is 39.1 Å². The third-order valence-corrected chi connectivity index (χ3v) is 3.74. The van der Waals surface area contributed by atoms with E-state index in [0.29, 0.717) is 18.2 Å². The van der Waals surface area contributed by atoms with Gasteiger partial charge in [-0.15, -0.1) is 0 Å². The van der Waals surface area contributed by atoms with E-state index in [2.05, 4.69) is 10.4 Å². The summed E-state index contributed by atoms with van der Waals surface area (Å²) in [5, 5.41) is 8.09. The molecule has 1 atom stereocenters. The largest absolute Gasteiger partial charge is 0.383 e. The fourth-order valence-corrected chi connectivity index (χ4v) is 2.67. The van der Waals surface area contributed by atoms with Gasteiger partial charge in [-0.1, -0.05) is 17.7 Å². The smallest absolute Gasteiger partial charge is 0.123 e. The van der Waals surface area contributed by atoms with Gasteiger partial charge in [0.15, 0.2) is 0 Å². The Kier molecular flexibility index (Phi) is 5.33. The van der Waals surface area contributed by atoms with E-state index >= 15 is 0 Å². The number of hydrogen-bond donors (Lipinski definition) is 1. The molecule has 4 nitrogen and oxygen atoms in total. The number of rotatable bonds is 6. The van der Waals surface area contributed by atoms with Crippen LogP contribution in [0.5, 0.6) is 0 Å². The molecule has 6 heteroatoms. The van der Waals surface area contributed by atoms with Crippen LogP contribution in [-0.4, -0.2) is 30.5 Å². The Bertz CT molecular complexity index is 615. The van der Waals surface area contributed by atoms with Gasteiger partial charge >= 0.3 is 0 Å². The van der Waals surface area contributed by atoms with Crippen molar-refractivity contribution in [1.29, 1.82) is 0 Å². The van der Waals surface area contributed by atoms with E-state index in [-0.39, 0.29) is 11.9 Å². The molecule has 1 heterocycles. The molecule has 0 saturated carbocycles. The van der Waals surface area contributed by atoms with Crippen molar-refractivity contribution in [1.82, 2.24) is 15.1 Å². The highest BCUT2D eigenvalue weighted by Gasteiger charge is 2.22. The Morgan fingerprint density at radius 1 is 1.48 bits per heavy atom. The molecule has 0 amide bonds. The highest BCUT2D eigenvalue weighted by molar-refractivity contribution is 6.31. The summed E-state index contributed by atoms with van der Waals surface area (Å²) in [5.41, 5.74) is 2.69. The number of nitrogens with zero attached hydrogens (tertiary/aromatic N) is 2. The molecule has 1 aromatic carbocycles. The SMILES string of the molecule is CNC(c1ccc(F)cc1C)c1c(Cl)cnn1CCOC. The van der Waals surface area contributed by atoms with Crippen LogP contribution in [0.2, 0.25) is 5.02 Å². The predicted octanol–water partition coefficient (Wildman–Crippen LogP) is 2.94. The van der Waals surface area contributed by atoms with Crippen LogP contribution < -0.4 is 5.32 Å². The number of methoxy groups -OCH3 is 1. The molecule has 0 aliphatic heterocycles. The summed E-state index contributed by atoms with van der Waals surface area (Å²) in [6, 6.07) is 4.59. The second-order valence-corrected chi connectivity index (χ2v) is 5.22. The first-order valence-electron chi connectivity index (χ1n) is 6.72. The number of hydrogen-bond acceptors (Lipinski definition) is 3. The Morgan fingerprint density at radius 2 is 2.24 bits per heavy atom. The van der Waals surface area contributed by atoms with Crippen molar-refractivity contribution < 1.29 is 9.13 Å². The molecule has 0 bridgehead atoms. The fourth-order valence-electron chi connectivity index (χ4n) is 2.42. The maximum Gasteiger partial charge on any atom is 0.123 e. The van der Waals surface area contributed by atoms with Crippen molar-refractivity contribution in [3.05, 3.63) is 52.1 Å². The van der Waals surface area contributed by atoms with Gasteiger partial charge in [0.1, 0.15) is 5.82 Å². The molecule has 1 N–H and O–H groups in total. The van der Waals surface area contributed by atoms with Gasteiger partial charge in [-0.3, -0.25) is 4.68 Å². The van der Waals surface area contributed by atoms with Crippen LogP contribution in [0.4, 0.5) is 4.39 Å². The molecule has 2 aromatic rings. The molecule has 0 saturated heterocycles. The van der Waals surface area contributed by atoms with Gasteiger partial charge in [0.25, 0.3) is 0 Å². The van der Waals surface area contributed by atoms with Crippen LogP contribution in [0.15, 0.2) is 24.4 Å². The molecule has 0 fully saturated rings. The van der Waals surface area contributed by atoms with E-state index < -0.39 is 0 Å². The molecule has 0 radical (unpaired) electrons. The van der Waals surface area contributed by atoms with Crippen molar-refractivity contribution in [3.8, 4) is 0 Å². The van der Waals surface area contributed by atoms with E-state index in [9.17, 15) is 4.39 Å². The van der Waals surface area contributed by atoms with Crippen molar-refractivity contribution >= 4 is 11.6 Å². The number of nitrogens with one attached hydrogen (secondary N) is 1. The van der Waals surface area contributed by atoms with Crippen molar-refractivity contribution in [3.63, 3.8) is 0 Å². The van der Waals surface area contributed by atoms with Gasteiger partial charge in [-0.2, -0.15) is 5.10 Å². The van der Waals surface area contributed by atoms with Crippen molar-refractivity contribution in [2.24, 2.45) is 0 Å². The first-order chi connectivity index (χ1) is 10.1. The van der Waals surface area contributed by atoms with Crippen LogP contribution in [-0.2, 0) is 11.3 Å². The molecule has 1 aromatic heterocycles. The van der Waals surface area contributed by atoms with E-state index in [1.165, 1.54) is 12.1 Å². The predicted molar refractivity (Wildman–Crippen MR) is 81.2 cm³/mol. The fraction of sp³-hybridized carbons (Fsp3) is 0.400. The zero-order valence-electron chi connectivity index (χ0n) is 12.4. The average Bonchev–Trinajstić information content (AvgIpc) is 2.81. The third kappa shape index (κ3) is 3.43. The zero-order valence-corrected chi connectivity index (χ0v) is 13.1. The van der Waals surface area contributed by atoms with Gasteiger partial charge in [0.2, 0.25) is 0 Å². The minimum atomic E-state index is -0.245. The van der Waals surface area contributed by atoms with Gasteiger partial charge in [-0.05, 0) is 37.2 Å². The summed E-state index contributed by atoms with van der Waals surface area (Å²) in [6.07, 6.45) is 1.62. The Hall–Kier alpha value is -1.43. The third-order valence-electron chi connectivity index (χ3n) is 3.45. The second-order valence-electron chi connectivity index (χ2n) is 4.82. The number of ether oxygens (including phenoxy) is 1. The zero-order chi connectivity index (χ0) is 15.4. The van der Waals surface area contributed by atoms with Gasteiger partial charge in [0.05, 0.1) is 36.1 Å². The lowest BCUT2D eigenvalue weighted by molar-refractivity contribution is 0.182. The molecule has 0 aliphatic carbocycles. The number of aryl methyl sites for hydroxylation is 1. The summed E-state index contributed by atoms with van der Waals surface area (Å²) in [4.78, 5) is 0. The normalized spacial score (nSPS) is 12.6. The Labute approximate surface area is 128 Å². The molecular formula is C15H19ClFN3O. The van der Waals surface area contributed by atoms with E-state index in [0.717, 1.165) is 16.8 Å². The molecule has 2 rings (SSSR count). The summed E-state index contributed by atoms with van der Waals surface area (Å²) in [6.45, 7) is 3.04. The highest BCUT2D eigenvalue weighted by Crippen LogP contribution is 2.30. The lowest BCUT2D eigenvalue weighted by Crippen LogP contribution is -2.23. The van der Waals surface area contributed by atoms with Crippen LogP contribution in [0.25, 0.3) is 0 Å². The van der Waals surface area contributed by atoms with Gasteiger partial charge in [0, 0.05) is 7.11 Å². The summed E-state index contributed by atoms with van der Waals surface area (Å²) < 4.78 is 20.2. The lowest BCUT2D eigenvalue weighted by atomic mass is 9.98. The second kappa shape index (κ2) is 7.02. The van der Waals surface area contributed by atoms with E-state index in [4.69, 9.17) is 16.3 Å². The van der Waals surface area contributed by atoms with Crippen LogP contribution in [0, 0.1) is 12.7 Å². The number of halogens is 2. The first-order valence-corrected chi connectivity index (χ1v) is 7.09. The number of benzene rings is 1. The summed E-state index contributed by atoms with van der Waals surface area (Å²) in [7, 11) is 3.49. The minimum Gasteiger partial charge on any atom is -0.383 e. The van der Waals surface area contributed by atoms with E-state index in [1.54, 1.807) is 19.4 Å². The summed E-state index contributed by atoms with van der Waals surface area (Å²) >= 11 is 6.29. The molecule has 0 spiro atoms. The van der Waals surface area contributed by atoms with Gasteiger partial charge in [-0.25, -0.2) is 4.39 Å². The maximum absolute atomic E-state index is 13.3. The van der Waals surface area contributed by atoms with E-state index in [1.807, 2.05) is 18.7 Å². The molecule has 21 heavy (non-hydrogen) atoms. The first kappa shape index (κ1) is 15.9. The number of aromatic nitrogens is 2. The summed E-state index contributed by atoms with van der Waals surface area (Å²) in [5.74, 6) is -0.245. The lowest BCUT2D eigenvalue weighted by Gasteiger charge is -2.21. The molecule has 114 valence electrons. The Morgan fingerprint density at radius 3 is 2.86 bits per heavy atom. The van der Waals surface area contributed by atoms with Crippen LogP contribution >= 0.6 is 11.6 Å². The van der Waals surface area contributed by atoms with Crippen molar-refractivity contribution in [2.45, 2.75) is 19.5 Å². The minimum absolute atomic E-state index is 0.155. The van der Waals surface area contributed by atoms with Crippen molar-refractivity contribution in [2.75, 3.05) is 20.8 Å². The maximum atomic E-state index is 13.3. The average molecular weight is 312 g/mol. The standard InChI is InChI=1S/C15H19ClFN3O/c1-10-8-11(17)4-5-12(10)14(18-2)15-13(16)9-19-20(15)6-7-21-3/h4-5,8-9,14,18H,6-7H2,1-3H3. The van der Waals surface area contributed by atoms with Crippen LogP contribution in [0.3, 0.4) is 0 Å². The van der Waals surface area contributed by atoms with Crippen LogP contribution in [0.1, 0.15) is 22.9 Å². The monoisotopic (exact) mass is 311 g/mol.